The van der Waals surface area contributed by atoms with E-state index in [1.165, 1.54) is 23.5 Å². The monoisotopic (exact) mass is 476 g/mol. The average molecular weight is 476 g/mol. The van der Waals surface area contributed by atoms with Gasteiger partial charge in [0.25, 0.3) is 11.8 Å². The van der Waals surface area contributed by atoms with Crippen LogP contribution in [0.4, 0.5) is 18.9 Å². The molecule has 0 radical (unpaired) electrons. The maximum absolute atomic E-state index is 13.1. The molecule has 2 amide bonds. The zero-order valence-electron chi connectivity index (χ0n) is 17.1. The lowest BCUT2D eigenvalue weighted by atomic mass is 10.1. The number of esters is 1. The van der Waals surface area contributed by atoms with Gasteiger partial charge in [0, 0.05) is 6.42 Å². The predicted octanol–water partition coefficient (Wildman–Crippen LogP) is 4.29. The summed E-state index contributed by atoms with van der Waals surface area (Å²) in [6, 6.07) is 15.5. The summed E-state index contributed by atoms with van der Waals surface area (Å²) in [6.45, 7) is -0.814. The molecule has 0 aliphatic heterocycles. The fourth-order valence-electron chi connectivity index (χ4n) is 2.94. The highest BCUT2D eigenvalue weighted by Gasteiger charge is 2.33. The average Bonchev–Trinajstić information content (AvgIpc) is 3.32. The lowest BCUT2D eigenvalue weighted by molar-refractivity contribution is -0.149. The van der Waals surface area contributed by atoms with Crippen molar-refractivity contribution in [1.82, 2.24) is 5.32 Å². The first-order valence-electron chi connectivity index (χ1n) is 9.75. The molecule has 1 atom stereocenters. The molecule has 0 saturated heterocycles. The van der Waals surface area contributed by atoms with E-state index >= 15 is 0 Å². The summed E-state index contributed by atoms with van der Waals surface area (Å²) in [5, 5.41) is 6.40. The normalized spacial score (nSPS) is 12.0. The molecule has 0 unspecified atom stereocenters. The van der Waals surface area contributed by atoms with Crippen LogP contribution in [0.3, 0.4) is 0 Å². The summed E-state index contributed by atoms with van der Waals surface area (Å²) in [6.07, 6.45) is -4.55. The van der Waals surface area contributed by atoms with Gasteiger partial charge in [0.15, 0.2) is 6.61 Å². The highest BCUT2D eigenvalue weighted by atomic mass is 32.1. The van der Waals surface area contributed by atoms with Crippen LogP contribution in [0, 0.1) is 0 Å². The number of benzene rings is 2. The summed E-state index contributed by atoms with van der Waals surface area (Å²) in [7, 11) is 0. The van der Waals surface area contributed by atoms with Crippen molar-refractivity contribution in [3.8, 4) is 0 Å². The number of alkyl halides is 3. The second kappa shape index (κ2) is 10.8. The Morgan fingerprint density at radius 3 is 2.30 bits per heavy atom. The molecule has 1 aromatic heterocycles. The van der Waals surface area contributed by atoms with E-state index in [-0.39, 0.29) is 6.42 Å². The number of carbonyl (C=O) groups is 3. The van der Waals surface area contributed by atoms with Crippen LogP contribution in [0.25, 0.3) is 0 Å². The third kappa shape index (κ3) is 6.91. The van der Waals surface area contributed by atoms with Crippen LogP contribution < -0.4 is 10.6 Å². The summed E-state index contributed by atoms with van der Waals surface area (Å²) in [4.78, 5) is 37.6. The molecule has 0 saturated carbocycles. The second-order valence-electron chi connectivity index (χ2n) is 6.89. The van der Waals surface area contributed by atoms with Gasteiger partial charge in [-0.25, -0.2) is 4.79 Å². The number of thiophene rings is 1. The first-order chi connectivity index (χ1) is 15.7. The lowest BCUT2D eigenvalue weighted by Crippen LogP contribution is -2.43. The van der Waals surface area contributed by atoms with Gasteiger partial charge >= 0.3 is 12.1 Å². The van der Waals surface area contributed by atoms with Crippen LogP contribution in [0.5, 0.6) is 0 Å². The van der Waals surface area contributed by atoms with Crippen molar-refractivity contribution < 1.29 is 32.3 Å². The Morgan fingerprint density at radius 2 is 1.64 bits per heavy atom. The predicted molar refractivity (Wildman–Crippen MR) is 117 cm³/mol. The summed E-state index contributed by atoms with van der Waals surface area (Å²) in [5.41, 5.74) is -0.720. The number of hydrogen-bond donors (Lipinski definition) is 2. The third-order valence-corrected chi connectivity index (χ3v) is 5.34. The molecule has 0 aliphatic rings. The number of hydrogen-bond acceptors (Lipinski definition) is 5. The second-order valence-corrected chi connectivity index (χ2v) is 7.84. The third-order valence-electron chi connectivity index (χ3n) is 4.47. The molecule has 0 bridgehead atoms. The lowest BCUT2D eigenvalue weighted by Gasteiger charge is -2.18. The van der Waals surface area contributed by atoms with Crippen molar-refractivity contribution in [2.45, 2.75) is 18.6 Å². The smallest absolute Gasteiger partial charge is 0.418 e. The first-order valence-corrected chi connectivity index (χ1v) is 10.6. The van der Waals surface area contributed by atoms with Crippen LogP contribution in [0.15, 0.2) is 72.1 Å². The number of anilines is 1. The van der Waals surface area contributed by atoms with Gasteiger partial charge in [-0.1, -0.05) is 48.5 Å². The minimum atomic E-state index is -4.66. The Kier molecular flexibility index (Phi) is 7.83. The zero-order valence-corrected chi connectivity index (χ0v) is 17.9. The van der Waals surface area contributed by atoms with Gasteiger partial charge in [0.05, 0.1) is 16.1 Å². The van der Waals surface area contributed by atoms with E-state index < -0.39 is 47.9 Å². The molecule has 0 fully saturated rings. The first kappa shape index (κ1) is 24.0. The van der Waals surface area contributed by atoms with Crippen molar-refractivity contribution in [3.63, 3.8) is 0 Å². The van der Waals surface area contributed by atoms with Gasteiger partial charge in [-0.05, 0) is 29.1 Å². The maximum Gasteiger partial charge on any atom is 0.418 e. The molecule has 0 spiro atoms. The van der Waals surface area contributed by atoms with E-state index in [1.807, 2.05) is 0 Å². The number of ether oxygens (including phenoxy) is 1. The van der Waals surface area contributed by atoms with Crippen molar-refractivity contribution in [1.29, 1.82) is 0 Å². The fraction of sp³-hybridized carbons (Fsp3) is 0.174. The van der Waals surface area contributed by atoms with E-state index in [1.54, 1.807) is 47.8 Å². The molecule has 2 N–H and O–H groups in total. The molecule has 6 nitrogen and oxygen atoms in total. The molecule has 1 heterocycles. The van der Waals surface area contributed by atoms with Gasteiger partial charge in [-0.3, -0.25) is 9.59 Å². The number of carbonyl (C=O) groups excluding carboxylic acids is 3. The van der Waals surface area contributed by atoms with E-state index in [0.29, 0.717) is 4.88 Å². The minimum Gasteiger partial charge on any atom is -0.454 e. The minimum absolute atomic E-state index is 0.106. The number of nitrogens with one attached hydrogen (secondary N) is 2. The molecule has 0 aliphatic carbocycles. The van der Waals surface area contributed by atoms with Crippen molar-refractivity contribution in [2.24, 2.45) is 0 Å². The summed E-state index contributed by atoms with van der Waals surface area (Å²) in [5.74, 6) is -2.31. The standard InChI is InChI=1S/C23H19F3N2O4S/c24-23(25,26)16-9-4-5-10-17(16)27-20(29)14-32-22(31)18(13-15-7-2-1-3-8-15)28-21(30)19-11-6-12-33-19/h1-12,18H,13-14H2,(H,27,29)(H,28,30)/t18-/m1/s1. The fourth-order valence-corrected chi connectivity index (χ4v) is 3.57. The van der Waals surface area contributed by atoms with E-state index in [4.69, 9.17) is 4.74 Å². The van der Waals surface area contributed by atoms with E-state index in [0.717, 1.165) is 17.7 Å². The molecule has 10 heteroatoms. The molecule has 2 aromatic carbocycles. The van der Waals surface area contributed by atoms with Crippen LogP contribution in [0.2, 0.25) is 0 Å². The number of rotatable bonds is 8. The topological polar surface area (TPSA) is 84.5 Å². The van der Waals surface area contributed by atoms with Gasteiger partial charge in [0.2, 0.25) is 0 Å². The zero-order chi connectivity index (χ0) is 23.8. The van der Waals surface area contributed by atoms with Gasteiger partial charge in [-0.15, -0.1) is 11.3 Å². The van der Waals surface area contributed by atoms with Crippen molar-refractivity contribution in [3.05, 3.63) is 88.1 Å². The Morgan fingerprint density at radius 1 is 0.939 bits per heavy atom. The Labute approximate surface area is 191 Å². The van der Waals surface area contributed by atoms with Crippen LogP contribution in [0.1, 0.15) is 20.8 Å². The summed E-state index contributed by atoms with van der Waals surface area (Å²) >= 11 is 1.19. The quantitative estimate of drug-likeness (QED) is 0.475. The molecule has 3 aromatic rings. The molecular formula is C23H19F3N2O4S. The molecule has 172 valence electrons. The summed E-state index contributed by atoms with van der Waals surface area (Å²) < 4.78 is 44.3. The van der Waals surface area contributed by atoms with Crippen LogP contribution in [-0.4, -0.2) is 30.4 Å². The number of para-hydroxylation sites is 1. The number of amides is 2. The maximum atomic E-state index is 13.1. The van der Waals surface area contributed by atoms with E-state index in [9.17, 15) is 27.6 Å². The molecular weight excluding hydrogens is 457 g/mol. The Hall–Kier alpha value is -3.66. The van der Waals surface area contributed by atoms with Crippen LogP contribution in [-0.2, 0) is 26.9 Å². The highest BCUT2D eigenvalue weighted by molar-refractivity contribution is 7.12. The Bertz CT molecular complexity index is 1100. The highest BCUT2D eigenvalue weighted by Crippen LogP contribution is 2.34. The van der Waals surface area contributed by atoms with Gasteiger partial charge < -0.3 is 15.4 Å². The largest absolute Gasteiger partial charge is 0.454 e. The Balaban J connectivity index is 1.65. The number of halogens is 3. The van der Waals surface area contributed by atoms with Crippen molar-refractivity contribution in [2.75, 3.05) is 11.9 Å². The van der Waals surface area contributed by atoms with E-state index in [2.05, 4.69) is 10.6 Å². The SMILES string of the molecule is O=C(COC(=O)[C@@H](Cc1ccccc1)NC(=O)c1cccs1)Nc1ccccc1C(F)(F)F. The van der Waals surface area contributed by atoms with Gasteiger partial charge in [-0.2, -0.15) is 13.2 Å². The molecule has 33 heavy (non-hydrogen) atoms. The van der Waals surface area contributed by atoms with Crippen molar-refractivity contribution >= 4 is 34.8 Å². The van der Waals surface area contributed by atoms with Gasteiger partial charge in [0.1, 0.15) is 6.04 Å². The van der Waals surface area contributed by atoms with Crippen LogP contribution >= 0.6 is 11.3 Å². The molecule has 3 rings (SSSR count).